The largest absolute Gasteiger partial charge is 0.352 e. The number of nitrogens with one attached hydrogen (secondary N) is 2. The Morgan fingerprint density at radius 3 is 2.57 bits per heavy atom. The lowest BCUT2D eigenvalue weighted by Gasteiger charge is -2.45. The molecular weight excluding hydrogens is 383 g/mol. The van der Waals surface area contributed by atoms with E-state index >= 15 is 0 Å². The molecule has 6 nitrogen and oxygen atoms in total. The highest BCUT2D eigenvalue weighted by molar-refractivity contribution is 5.82. The molecular formula is C23H39FN4O2. The number of fused-ring (bicyclic) bond motifs is 1. The number of hydrogen-bond donors (Lipinski definition) is 2. The zero-order chi connectivity index (χ0) is 21.4. The topological polar surface area (TPSA) is 64.7 Å². The number of hydrogen-bond acceptors (Lipinski definition) is 4. The monoisotopic (exact) mass is 422 g/mol. The third-order valence-electron chi connectivity index (χ3n) is 8.23. The zero-order valence-electron chi connectivity index (χ0n) is 18.8. The molecule has 170 valence electrons. The molecule has 2 amide bonds. The fraction of sp³-hybridized carbons (Fsp3) is 0.913. The molecule has 30 heavy (non-hydrogen) atoms. The number of alkyl halides is 1. The Balaban J connectivity index is 1.29. The minimum Gasteiger partial charge on any atom is -0.352 e. The number of halogens is 1. The Morgan fingerprint density at radius 2 is 1.87 bits per heavy atom. The molecule has 4 fully saturated rings. The van der Waals surface area contributed by atoms with Crippen LogP contribution in [0.5, 0.6) is 0 Å². The first kappa shape index (κ1) is 22.0. The summed E-state index contributed by atoms with van der Waals surface area (Å²) >= 11 is 0. The summed E-state index contributed by atoms with van der Waals surface area (Å²) in [7, 11) is 0. The van der Waals surface area contributed by atoms with Crippen molar-refractivity contribution in [1.82, 2.24) is 20.4 Å². The second-order valence-corrected chi connectivity index (χ2v) is 10.3. The smallest absolute Gasteiger partial charge is 0.237 e. The fourth-order valence-corrected chi connectivity index (χ4v) is 6.51. The lowest BCUT2D eigenvalue weighted by molar-refractivity contribution is -0.134. The van der Waals surface area contributed by atoms with Crippen molar-refractivity contribution in [3.05, 3.63) is 0 Å². The van der Waals surface area contributed by atoms with E-state index in [0.717, 1.165) is 51.7 Å². The van der Waals surface area contributed by atoms with E-state index in [4.69, 9.17) is 0 Å². The highest BCUT2D eigenvalue weighted by atomic mass is 19.1. The molecule has 4 aliphatic rings. The Labute approximate surface area is 180 Å². The van der Waals surface area contributed by atoms with Gasteiger partial charge in [-0.2, -0.15) is 0 Å². The third kappa shape index (κ3) is 4.52. The van der Waals surface area contributed by atoms with Crippen LogP contribution in [-0.2, 0) is 9.59 Å². The number of rotatable bonds is 3. The quantitative estimate of drug-likeness (QED) is 0.731. The number of carbonyl (C=O) groups excluding carboxylic acids is 2. The lowest BCUT2D eigenvalue weighted by Crippen LogP contribution is -2.58. The van der Waals surface area contributed by atoms with Crippen molar-refractivity contribution in [2.24, 2.45) is 11.8 Å². The molecule has 2 heterocycles. The van der Waals surface area contributed by atoms with Crippen LogP contribution in [0.15, 0.2) is 0 Å². The van der Waals surface area contributed by atoms with Crippen molar-refractivity contribution < 1.29 is 14.0 Å². The normalized spacial score (nSPS) is 42.6. The predicted molar refractivity (Wildman–Crippen MR) is 115 cm³/mol. The standard InChI is InChI=1S/C23H39FN4O2/c1-14-7-8-20(24)19-12-21(26-22(14)19)23(30)25-17-5-4-6-18(11-17)27-9-10-28(16(3)29)15(2)13-27/h14-15,17-22,26H,4-13H2,1-3H3,(H,25,30)/t14?,15-,17-,18+,19?,20?,21?,22?/m1/s1. The van der Waals surface area contributed by atoms with Gasteiger partial charge in [-0.25, -0.2) is 4.39 Å². The average molecular weight is 423 g/mol. The van der Waals surface area contributed by atoms with Crippen molar-refractivity contribution in [2.45, 2.75) is 102 Å². The van der Waals surface area contributed by atoms with E-state index in [2.05, 4.69) is 29.4 Å². The van der Waals surface area contributed by atoms with Gasteiger partial charge in [-0.05, 0) is 57.8 Å². The van der Waals surface area contributed by atoms with Crippen LogP contribution in [-0.4, -0.2) is 77.6 Å². The van der Waals surface area contributed by atoms with E-state index < -0.39 is 6.17 Å². The summed E-state index contributed by atoms with van der Waals surface area (Å²) in [6.45, 7) is 8.57. The summed E-state index contributed by atoms with van der Waals surface area (Å²) in [5, 5.41) is 6.75. The molecule has 0 aromatic carbocycles. The van der Waals surface area contributed by atoms with Crippen LogP contribution in [0.2, 0.25) is 0 Å². The van der Waals surface area contributed by atoms with Crippen molar-refractivity contribution in [3.63, 3.8) is 0 Å². The van der Waals surface area contributed by atoms with Crippen molar-refractivity contribution in [2.75, 3.05) is 19.6 Å². The predicted octanol–water partition coefficient (Wildman–Crippen LogP) is 2.08. The van der Waals surface area contributed by atoms with Crippen LogP contribution in [0.4, 0.5) is 4.39 Å². The maximum Gasteiger partial charge on any atom is 0.237 e. The SMILES string of the molecule is CC(=O)N1CCN([C@H]2CCC[C@@H](NC(=O)C3CC4C(F)CCC(C)C4N3)C2)C[C@H]1C. The summed E-state index contributed by atoms with van der Waals surface area (Å²) in [6, 6.07) is 0.796. The first-order valence-electron chi connectivity index (χ1n) is 12.0. The van der Waals surface area contributed by atoms with Crippen LogP contribution in [0.25, 0.3) is 0 Å². The van der Waals surface area contributed by atoms with Gasteiger partial charge in [0.25, 0.3) is 0 Å². The minimum absolute atomic E-state index is 0.0114. The Morgan fingerprint density at radius 1 is 1.07 bits per heavy atom. The Bertz CT molecular complexity index is 629. The first-order chi connectivity index (χ1) is 14.3. The fourth-order valence-electron chi connectivity index (χ4n) is 6.51. The van der Waals surface area contributed by atoms with E-state index in [-0.39, 0.29) is 41.9 Å². The van der Waals surface area contributed by atoms with Crippen LogP contribution >= 0.6 is 0 Å². The minimum atomic E-state index is -0.772. The third-order valence-corrected chi connectivity index (χ3v) is 8.23. The van der Waals surface area contributed by atoms with Gasteiger partial charge in [-0.15, -0.1) is 0 Å². The Kier molecular flexibility index (Phi) is 6.68. The molecule has 8 atom stereocenters. The maximum atomic E-state index is 14.4. The summed E-state index contributed by atoms with van der Waals surface area (Å²) < 4.78 is 14.4. The maximum absolute atomic E-state index is 14.4. The van der Waals surface area contributed by atoms with Gasteiger partial charge in [0.05, 0.1) is 6.04 Å². The first-order valence-corrected chi connectivity index (χ1v) is 12.0. The molecule has 5 unspecified atom stereocenters. The second kappa shape index (κ2) is 9.11. The van der Waals surface area contributed by atoms with Crippen LogP contribution in [0.3, 0.4) is 0 Å². The highest BCUT2D eigenvalue weighted by Crippen LogP contribution is 2.38. The van der Waals surface area contributed by atoms with Crippen LogP contribution in [0, 0.1) is 11.8 Å². The van der Waals surface area contributed by atoms with Gasteiger partial charge < -0.3 is 15.5 Å². The molecule has 0 bridgehead atoms. The molecule has 0 radical (unpaired) electrons. The van der Waals surface area contributed by atoms with Gasteiger partial charge in [-0.3, -0.25) is 14.5 Å². The number of piperazine rings is 1. The van der Waals surface area contributed by atoms with Gasteiger partial charge in [-0.1, -0.05) is 6.92 Å². The number of nitrogens with zero attached hydrogens (tertiary/aromatic N) is 2. The number of carbonyl (C=O) groups is 2. The molecule has 2 saturated carbocycles. The lowest BCUT2D eigenvalue weighted by atomic mass is 9.77. The Hall–Kier alpha value is -1.21. The highest BCUT2D eigenvalue weighted by Gasteiger charge is 2.46. The molecule has 2 saturated heterocycles. The summed E-state index contributed by atoms with van der Waals surface area (Å²) in [5.41, 5.74) is 0. The molecule has 0 aromatic rings. The van der Waals surface area contributed by atoms with E-state index in [0.29, 0.717) is 24.8 Å². The molecule has 2 aliphatic carbocycles. The van der Waals surface area contributed by atoms with E-state index in [1.807, 2.05) is 4.90 Å². The van der Waals surface area contributed by atoms with E-state index in [1.165, 1.54) is 0 Å². The molecule has 4 rings (SSSR count). The van der Waals surface area contributed by atoms with Crippen molar-refractivity contribution in [3.8, 4) is 0 Å². The molecule has 2 aliphatic heterocycles. The number of amides is 2. The summed E-state index contributed by atoms with van der Waals surface area (Å²) in [5.74, 6) is 0.645. The molecule has 0 aromatic heterocycles. The van der Waals surface area contributed by atoms with Gasteiger partial charge in [0.15, 0.2) is 0 Å². The van der Waals surface area contributed by atoms with E-state index in [1.54, 1.807) is 6.92 Å². The van der Waals surface area contributed by atoms with Gasteiger partial charge in [0.2, 0.25) is 11.8 Å². The van der Waals surface area contributed by atoms with Crippen molar-refractivity contribution >= 4 is 11.8 Å². The van der Waals surface area contributed by atoms with Gasteiger partial charge in [0.1, 0.15) is 6.17 Å². The summed E-state index contributed by atoms with van der Waals surface area (Å²) in [4.78, 5) is 29.2. The molecule has 7 heteroatoms. The van der Waals surface area contributed by atoms with Gasteiger partial charge in [0, 0.05) is 56.6 Å². The second-order valence-electron chi connectivity index (χ2n) is 10.3. The van der Waals surface area contributed by atoms with Crippen molar-refractivity contribution in [1.29, 1.82) is 0 Å². The van der Waals surface area contributed by atoms with Crippen LogP contribution in [0.1, 0.15) is 65.7 Å². The summed E-state index contributed by atoms with van der Waals surface area (Å²) in [6.07, 6.45) is 5.67. The van der Waals surface area contributed by atoms with Gasteiger partial charge >= 0.3 is 0 Å². The molecule has 2 N–H and O–H groups in total. The van der Waals surface area contributed by atoms with Crippen LogP contribution < -0.4 is 10.6 Å². The molecule has 0 spiro atoms. The average Bonchev–Trinajstić information content (AvgIpc) is 3.18. The zero-order valence-corrected chi connectivity index (χ0v) is 18.8. The van der Waals surface area contributed by atoms with E-state index in [9.17, 15) is 14.0 Å².